The average molecular weight is 225 g/mol. The van der Waals surface area contributed by atoms with E-state index < -0.39 is 5.60 Å². The summed E-state index contributed by atoms with van der Waals surface area (Å²) in [6.45, 7) is 5.42. The smallest absolute Gasteiger partial charge is 0.258 e. The molecule has 0 aromatic carbocycles. The summed E-state index contributed by atoms with van der Waals surface area (Å²) in [6, 6.07) is 0. The van der Waals surface area contributed by atoms with E-state index in [2.05, 4.69) is 15.5 Å². The maximum Gasteiger partial charge on any atom is 0.258 e. The van der Waals surface area contributed by atoms with Gasteiger partial charge in [-0.15, -0.1) is 0 Å². The highest BCUT2D eigenvalue weighted by atomic mass is 16.5. The molecule has 1 aromatic heterocycles. The minimum absolute atomic E-state index is 0.297. The summed E-state index contributed by atoms with van der Waals surface area (Å²) in [7, 11) is 0. The highest BCUT2D eigenvalue weighted by molar-refractivity contribution is 4.96. The lowest BCUT2D eigenvalue weighted by Gasteiger charge is -2.21. The van der Waals surface area contributed by atoms with Crippen LogP contribution >= 0.6 is 0 Å². The summed E-state index contributed by atoms with van der Waals surface area (Å²) >= 11 is 0. The number of nitrogens with one attached hydrogen (secondary N) is 1. The second-order valence-electron chi connectivity index (χ2n) is 4.99. The van der Waals surface area contributed by atoms with Gasteiger partial charge in [0.2, 0.25) is 0 Å². The van der Waals surface area contributed by atoms with E-state index in [9.17, 15) is 5.11 Å². The van der Waals surface area contributed by atoms with Crippen LogP contribution in [0.5, 0.6) is 0 Å². The van der Waals surface area contributed by atoms with Crippen molar-refractivity contribution in [2.45, 2.75) is 38.7 Å². The van der Waals surface area contributed by atoms with Gasteiger partial charge < -0.3 is 14.9 Å². The number of aromatic nitrogens is 2. The highest BCUT2D eigenvalue weighted by Gasteiger charge is 2.25. The topological polar surface area (TPSA) is 71.2 Å². The summed E-state index contributed by atoms with van der Waals surface area (Å²) in [5.41, 5.74) is -1.05. The van der Waals surface area contributed by atoms with E-state index in [1.165, 1.54) is 12.8 Å². The Bertz CT molecular complexity index is 337. The van der Waals surface area contributed by atoms with Crippen LogP contribution in [0.4, 0.5) is 0 Å². The van der Waals surface area contributed by atoms with Crippen molar-refractivity contribution in [2.75, 3.05) is 13.1 Å². The molecule has 1 atom stereocenters. The number of nitrogens with zero attached hydrogens (tertiary/aromatic N) is 2. The quantitative estimate of drug-likeness (QED) is 0.797. The van der Waals surface area contributed by atoms with Gasteiger partial charge in [-0.25, -0.2) is 0 Å². The molecule has 1 aromatic rings. The molecule has 1 fully saturated rings. The fourth-order valence-corrected chi connectivity index (χ4v) is 1.94. The molecule has 0 bridgehead atoms. The van der Waals surface area contributed by atoms with Gasteiger partial charge in [0.25, 0.3) is 5.89 Å². The molecule has 2 N–H and O–H groups in total. The van der Waals surface area contributed by atoms with Crippen LogP contribution < -0.4 is 5.32 Å². The Balaban J connectivity index is 1.97. The van der Waals surface area contributed by atoms with Crippen LogP contribution in [0.25, 0.3) is 0 Å². The van der Waals surface area contributed by atoms with E-state index in [-0.39, 0.29) is 0 Å². The van der Waals surface area contributed by atoms with Crippen LogP contribution in [0, 0.1) is 5.92 Å². The van der Waals surface area contributed by atoms with Crippen molar-refractivity contribution in [2.24, 2.45) is 5.92 Å². The van der Waals surface area contributed by atoms with Crippen molar-refractivity contribution in [3.8, 4) is 0 Å². The van der Waals surface area contributed by atoms with Crippen molar-refractivity contribution in [3.63, 3.8) is 0 Å². The van der Waals surface area contributed by atoms with Gasteiger partial charge in [0.15, 0.2) is 5.82 Å². The Hall–Kier alpha value is -0.940. The van der Waals surface area contributed by atoms with Crippen molar-refractivity contribution >= 4 is 0 Å². The zero-order chi connectivity index (χ0) is 11.6. The number of rotatable bonds is 3. The summed E-state index contributed by atoms with van der Waals surface area (Å²) in [6.07, 6.45) is 3.24. The van der Waals surface area contributed by atoms with Gasteiger partial charge in [-0.2, -0.15) is 4.98 Å². The fraction of sp³-hybridized carbons (Fsp3) is 0.818. The molecule has 90 valence electrons. The molecule has 0 aliphatic carbocycles. The van der Waals surface area contributed by atoms with Crippen molar-refractivity contribution in [1.82, 2.24) is 15.5 Å². The van der Waals surface area contributed by atoms with Crippen molar-refractivity contribution in [1.29, 1.82) is 0 Å². The van der Waals surface area contributed by atoms with Gasteiger partial charge >= 0.3 is 0 Å². The van der Waals surface area contributed by atoms with Crippen molar-refractivity contribution in [3.05, 3.63) is 11.7 Å². The van der Waals surface area contributed by atoms with Crippen molar-refractivity contribution < 1.29 is 9.63 Å². The molecule has 0 saturated carbocycles. The highest BCUT2D eigenvalue weighted by Crippen LogP contribution is 2.19. The Morgan fingerprint density at radius 2 is 2.38 bits per heavy atom. The maximum atomic E-state index is 9.70. The van der Waals surface area contributed by atoms with Gasteiger partial charge in [0, 0.05) is 6.42 Å². The van der Waals surface area contributed by atoms with E-state index in [4.69, 9.17) is 4.52 Å². The molecule has 0 amide bonds. The molecule has 2 rings (SSSR count). The second kappa shape index (κ2) is 4.51. The SMILES string of the molecule is CC(C)(O)c1nc(CC2CCCNC2)no1. The molecule has 16 heavy (non-hydrogen) atoms. The Labute approximate surface area is 95.2 Å². The number of hydrogen-bond donors (Lipinski definition) is 2. The summed E-state index contributed by atoms with van der Waals surface area (Å²) in [4.78, 5) is 4.22. The van der Waals surface area contributed by atoms with E-state index in [1.54, 1.807) is 13.8 Å². The predicted molar refractivity (Wildman–Crippen MR) is 58.8 cm³/mol. The molecule has 1 saturated heterocycles. The van der Waals surface area contributed by atoms with Gasteiger partial charge in [0.1, 0.15) is 5.60 Å². The summed E-state index contributed by atoms with van der Waals surface area (Å²) in [5.74, 6) is 1.58. The number of hydrogen-bond acceptors (Lipinski definition) is 5. The lowest BCUT2D eigenvalue weighted by atomic mass is 9.96. The van der Waals surface area contributed by atoms with E-state index in [0.717, 1.165) is 19.5 Å². The third-order valence-electron chi connectivity index (χ3n) is 2.86. The Kier molecular flexibility index (Phi) is 3.25. The van der Waals surface area contributed by atoms with Crippen LogP contribution in [-0.4, -0.2) is 28.3 Å². The molecule has 1 aliphatic rings. The second-order valence-corrected chi connectivity index (χ2v) is 4.99. The van der Waals surface area contributed by atoms with Gasteiger partial charge in [-0.05, 0) is 45.7 Å². The van der Waals surface area contributed by atoms with Crippen LogP contribution in [-0.2, 0) is 12.0 Å². The monoisotopic (exact) mass is 225 g/mol. The number of piperidine rings is 1. The molecule has 1 aliphatic heterocycles. The van der Waals surface area contributed by atoms with Gasteiger partial charge in [0.05, 0.1) is 0 Å². The first-order valence-corrected chi connectivity index (χ1v) is 5.82. The van der Waals surface area contributed by atoms with Gasteiger partial charge in [-0.1, -0.05) is 5.16 Å². The summed E-state index contributed by atoms with van der Waals surface area (Å²) in [5, 5.41) is 17.0. The molecular weight excluding hydrogens is 206 g/mol. The van der Waals surface area contributed by atoms with Crippen LogP contribution in [0.3, 0.4) is 0 Å². The minimum atomic E-state index is -1.05. The Morgan fingerprint density at radius 3 is 2.94 bits per heavy atom. The average Bonchev–Trinajstić information content (AvgIpc) is 2.67. The molecule has 5 nitrogen and oxygen atoms in total. The molecular formula is C11H19N3O2. The fourth-order valence-electron chi connectivity index (χ4n) is 1.94. The molecule has 0 radical (unpaired) electrons. The van der Waals surface area contributed by atoms with E-state index >= 15 is 0 Å². The summed E-state index contributed by atoms with van der Waals surface area (Å²) < 4.78 is 5.04. The third-order valence-corrected chi connectivity index (χ3v) is 2.86. The third kappa shape index (κ3) is 2.80. The van der Waals surface area contributed by atoms with Crippen LogP contribution in [0.2, 0.25) is 0 Å². The van der Waals surface area contributed by atoms with Crippen LogP contribution in [0.1, 0.15) is 38.4 Å². The maximum absolute atomic E-state index is 9.70. The molecule has 1 unspecified atom stereocenters. The lowest BCUT2D eigenvalue weighted by molar-refractivity contribution is 0.0420. The first-order valence-electron chi connectivity index (χ1n) is 5.82. The molecule has 2 heterocycles. The molecule has 5 heteroatoms. The molecule has 0 spiro atoms. The zero-order valence-corrected chi connectivity index (χ0v) is 9.86. The predicted octanol–water partition coefficient (Wildman–Crippen LogP) is 0.839. The van der Waals surface area contributed by atoms with Gasteiger partial charge in [-0.3, -0.25) is 0 Å². The van der Waals surface area contributed by atoms with Crippen LogP contribution in [0.15, 0.2) is 4.52 Å². The zero-order valence-electron chi connectivity index (χ0n) is 9.86. The normalized spacial score (nSPS) is 22.3. The van der Waals surface area contributed by atoms with E-state index in [0.29, 0.717) is 17.6 Å². The first kappa shape index (κ1) is 11.5. The minimum Gasteiger partial charge on any atom is -0.381 e. The standard InChI is InChI=1S/C11H19N3O2/c1-11(2,15)10-13-9(14-16-10)6-8-4-3-5-12-7-8/h8,12,15H,3-7H2,1-2H3. The largest absolute Gasteiger partial charge is 0.381 e. The van der Waals surface area contributed by atoms with E-state index in [1.807, 2.05) is 0 Å². The first-order chi connectivity index (χ1) is 7.55. The lowest BCUT2D eigenvalue weighted by Crippen LogP contribution is -2.31. The number of aliphatic hydroxyl groups is 1. The Morgan fingerprint density at radius 1 is 1.56 bits per heavy atom.